The Hall–Kier alpha value is -0.530. The SMILES string of the molecule is CC1(O)CCc2cc(Cl)ccc2C1. The first-order chi connectivity index (χ1) is 6.07. The van der Waals surface area contributed by atoms with Crippen LogP contribution in [0, 0.1) is 0 Å². The molecule has 0 amide bonds. The van der Waals surface area contributed by atoms with Crippen LogP contribution in [0.1, 0.15) is 24.5 Å². The van der Waals surface area contributed by atoms with E-state index in [9.17, 15) is 5.11 Å². The molecule has 1 aliphatic carbocycles. The number of hydrogen-bond donors (Lipinski definition) is 1. The van der Waals surface area contributed by atoms with Gasteiger partial charge in [0.1, 0.15) is 0 Å². The Morgan fingerprint density at radius 2 is 2.15 bits per heavy atom. The zero-order valence-corrected chi connectivity index (χ0v) is 8.43. The summed E-state index contributed by atoms with van der Waals surface area (Å²) in [6, 6.07) is 5.92. The lowest BCUT2D eigenvalue weighted by Crippen LogP contribution is -2.31. The molecule has 0 aromatic heterocycles. The molecule has 0 saturated carbocycles. The minimum absolute atomic E-state index is 0.527. The maximum absolute atomic E-state index is 9.86. The van der Waals surface area contributed by atoms with Crippen molar-refractivity contribution in [1.29, 1.82) is 0 Å². The van der Waals surface area contributed by atoms with Gasteiger partial charge in [0.15, 0.2) is 0 Å². The molecule has 1 atom stereocenters. The number of aryl methyl sites for hydroxylation is 1. The maximum atomic E-state index is 9.86. The van der Waals surface area contributed by atoms with Gasteiger partial charge in [-0.3, -0.25) is 0 Å². The number of benzene rings is 1. The molecular formula is C11H13ClO. The summed E-state index contributed by atoms with van der Waals surface area (Å²) in [6.45, 7) is 1.89. The lowest BCUT2D eigenvalue weighted by Gasteiger charge is -2.29. The van der Waals surface area contributed by atoms with Crippen LogP contribution in [0.25, 0.3) is 0 Å². The highest BCUT2D eigenvalue weighted by Crippen LogP contribution is 2.29. The quantitative estimate of drug-likeness (QED) is 0.676. The highest BCUT2D eigenvalue weighted by atomic mass is 35.5. The lowest BCUT2D eigenvalue weighted by molar-refractivity contribution is 0.0459. The van der Waals surface area contributed by atoms with Gasteiger partial charge in [-0.25, -0.2) is 0 Å². The van der Waals surface area contributed by atoms with Crippen molar-refractivity contribution < 1.29 is 5.11 Å². The fourth-order valence-corrected chi connectivity index (χ4v) is 2.10. The maximum Gasteiger partial charge on any atom is 0.0663 e. The average Bonchev–Trinajstić information content (AvgIpc) is 2.05. The zero-order valence-electron chi connectivity index (χ0n) is 7.68. The molecule has 0 fully saturated rings. The molecule has 1 aromatic rings. The summed E-state index contributed by atoms with van der Waals surface area (Å²) in [5.41, 5.74) is 2.00. The first-order valence-corrected chi connectivity index (χ1v) is 4.94. The van der Waals surface area contributed by atoms with Crippen LogP contribution >= 0.6 is 11.6 Å². The molecule has 0 aliphatic heterocycles. The van der Waals surface area contributed by atoms with Crippen LogP contribution in [0.4, 0.5) is 0 Å². The van der Waals surface area contributed by atoms with Crippen molar-refractivity contribution in [2.24, 2.45) is 0 Å². The molecular weight excluding hydrogens is 184 g/mol. The molecule has 0 saturated heterocycles. The molecule has 0 spiro atoms. The Morgan fingerprint density at radius 1 is 1.38 bits per heavy atom. The first-order valence-electron chi connectivity index (χ1n) is 4.56. The summed E-state index contributed by atoms with van der Waals surface area (Å²) in [4.78, 5) is 0. The van der Waals surface area contributed by atoms with Gasteiger partial charge in [0.05, 0.1) is 5.60 Å². The molecule has 0 heterocycles. The molecule has 0 bridgehead atoms. The van der Waals surface area contributed by atoms with Crippen LogP contribution in [-0.4, -0.2) is 10.7 Å². The second kappa shape index (κ2) is 3.00. The van der Waals surface area contributed by atoms with Gasteiger partial charge in [-0.1, -0.05) is 17.7 Å². The van der Waals surface area contributed by atoms with E-state index >= 15 is 0 Å². The van der Waals surface area contributed by atoms with Gasteiger partial charge in [0, 0.05) is 11.4 Å². The van der Waals surface area contributed by atoms with E-state index in [4.69, 9.17) is 11.6 Å². The van der Waals surface area contributed by atoms with E-state index < -0.39 is 5.60 Å². The molecule has 2 rings (SSSR count). The topological polar surface area (TPSA) is 20.2 Å². The van der Waals surface area contributed by atoms with Gasteiger partial charge in [-0.05, 0) is 43.0 Å². The third-order valence-corrected chi connectivity index (χ3v) is 2.91. The predicted octanol–water partition coefficient (Wildman–Crippen LogP) is 2.58. The molecule has 1 aliphatic rings. The Morgan fingerprint density at radius 3 is 2.92 bits per heavy atom. The van der Waals surface area contributed by atoms with Gasteiger partial charge < -0.3 is 5.11 Å². The largest absolute Gasteiger partial charge is 0.390 e. The second-order valence-corrected chi connectivity index (χ2v) is 4.52. The van der Waals surface area contributed by atoms with E-state index in [0.717, 1.165) is 24.3 Å². The van der Waals surface area contributed by atoms with Crippen molar-refractivity contribution in [3.8, 4) is 0 Å². The molecule has 1 nitrogen and oxygen atoms in total. The number of halogens is 1. The van der Waals surface area contributed by atoms with Crippen molar-refractivity contribution in [2.75, 3.05) is 0 Å². The minimum Gasteiger partial charge on any atom is -0.390 e. The van der Waals surface area contributed by atoms with Gasteiger partial charge >= 0.3 is 0 Å². The summed E-state index contributed by atoms with van der Waals surface area (Å²) in [5, 5.41) is 10.6. The standard InChI is InChI=1S/C11H13ClO/c1-11(13)5-4-8-6-10(12)3-2-9(8)7-11/h2-3,6,13H,4-5,7H2,1H3. The highest BCUT2D eigenvalue weighted by molar-refractivity contribution is 6.30. The van der Waals surface area contributed by atoms with Crippen molar-refractivity contribution >= 4 is 11.6 Å². The van der Waals surface area contributed by atoms with Gasteiger partial charge in [0.2, 0.25) is 0 Å². The monoisotopic (exact) mass is 196 g/mol. The fourth-order valence-electron chi connectivity index (χ4n) is 1.90. The molecule has 1 aromatic carbocycles. The predicted molar refractivity (Wildman–Crippen MR) is 54.1 cm³/mol. The normalized spacial score (nSPS) is 27.0. The van der Waals surface area contributed by atoms with Crippen LogP contribution in [0.3, 0.4) is 0 Å². The van der Waals surface area contributed by atoms with Crippen LogP contribution in [0.5, 0.6) is 0 Å². The highest BCUT2D eigenvalue weighted by Gasteiger charge is 2.26. The van der Waals surface area contributed by atoms with Gasteiger partial charge in [0.25, 0.3) is 0 Å². The van der Waals surface area contributed by atoms with Gasteiger partial charge in [-0.15, -0.1) is 0 Å². The first kappa shape index (κ1) is 9.04. The Labute approximate surface area is 83.3 Å². The van der Waals surface area contributed by atoms with Crippen LogP contribution in [-0.2, 0) is 12.8 Å². The van der Waals surface area contributed by atoms with E-state index in [-0.39, 0.29) is 0 Å². The van der Waals surface area contributed by atoms with E-state index in [1.165, 1.54) is 11.1 Å². The number of fused-ring (bicyclic) bond motifs is 1. The average molecular weight is 197 g/mol. The van der Waals surface area contributed by atoms with Crippen molar-refractivity contribution in [2.45, 2.75) is 31.8 Å². The zero-order chi connectivity index (χ0) is 9.47. The van der Waals surface area contributed by atoms with E-state index in [1.54, 1.807) is 0 Å². The molecule has 13 heavy (non-hydrogen) atoms. The molecule has 1 N–H and O–H groups in total. The lowest BCUT2D eigenvalue weighted by atomic mass is 9.82. The molecule has 2 heteroatoms. The Balaban J connectivity index is 2.37. The van der Waals surface area contributed by atoms with Crippen LogP contribution in [0.15, 0.2) is 18.2 Å². The minimum atomic E-state index is -0.527. The second-order valence-electron chi connectivity index (χ2n) is 4.09. The van der Waals surface area contributed by atoms with Gasteiger partial charge in [-0.2, -0.15) is 0 Å². The van der Waals surface area contributed by atoms with E-state index in [2.05, 4.69) is 0 Å². The molecule has 1 unspecified atom stereocenters. The van der Waals surface area contributed by atoms with Crippen molar-refractivity contribution in [1.82, 2.24) is 0 Å². The van der Waals surface area contributed by atoms with Crippen molar-refractivity contribution in [3.63, 3.8) is 0 Å². The Kier molecular flexibility index (Phi) is 2.09. The third kappa shape index (κ3) is 1.87. The van der Waals surface area contributed by atoms with Crippen LogP contribution in [0.2, 0.25) is 5.02 Å². The third-order valence-electron chi connectivity index (χ3n) is 2.67. The number of aliphatic hydroxyl groups is 1. The summed E-state index contributed by atoms with van der Waals surface area (Å²) in [7, 11) is 0. The number of rotatable bonds is 0. The van der Waals surface area contributed by atoms with Crippen LogP contribution < -0.4 is 0 Å². The fraction of sp³-hybridized carbons (Fsp3) is 0.455. The van der Waals surface area contributed by atoms with Crippen molar-refractivity contribution in [3.05, 3.63) is 34.3 Å². The molecule has 70 valence electrons. The van der Waals surface area contributed by atoms with E-state index in [1.807, 2.05) is 25.1 Å². The summed E-state index contributed by atoms with van der Waals surface area (Å²) < 4.78 is 0. The number of hydrogen-bond acceptors (Lipinski definition) is 1. The smallest absolute Gasteiger partial charge is 0.0663 e. The molecule has 0 radical (unpaired) electrons. The summed E-state index contributed by atoms with van der Waals surface area (Å²) in [5.74, 6) is 0. The Bertz CT molecular complexity index is 331. The summed E-state index contributed by atoms with van der Waals surface area (Å²) >= 11 is 5.89. The summed E-state index contributed by atoms with van der Waals surface area (Å²) in [6.07, 6.45) is 2.52. The van der Waals surface area contributed by atoms with E-state index in [0.29, 0.717) is 0 Å².